The quantitative estimate of drug-likeness (QED) is 0.0922. The SMILES string of the molecule is CCCCCCCCCCCCCOC(=O)CC(C[N+](C)(C)C)OC(=O)CC.O=[N+]([O-])[O-]. The summed E-state index contributed by atoms with van der Waals surface area (Å²) in [6, 6.07) is 0. The molecule has 0 spiro atoms. The first kappa shape index (κ1) is 32.3. The predicted octanol–water partition coefficient (Wildman–Crippen LogP) is 5.02. The van der Waals surface area contributed by atoms with Gasteiger partial charge in [0.2, 0.25) is 0 Å². The normalized spacial score (nSPS) is 11.8. The molecule has 0 saturated carbocycles. The second kappa shape index (κ2) is 21.0. The zero-order valence-electron chi connectivity index (χ0n) is 20.9. The third kappa shape index (κ3) is 28.1. The van der Waals surface area contributed by atoms with Crippen molar-refractivity contribution in [3.05, 3.63) is 15.3 Å². The van der Waals surface area contributed by atoms with Crippen LogP contribution in [0.15, 0.2) is 0 Å². The van der Waals surface area contributed by atoms with Gasteiger partial charge in [-0.25, -0.2) is 0 Å². The molecule has 0 aliphatic heterocycles. The molecule has 0 N–H and O–H groups in total. The molecule has 0 aromatic rings. The predicted molar refractivity (Wildman–Crippen MR) is 125 cm³/mol. The molecular formula is C23H46N2O7. The third-order valence-corrected chi connectivity index (χ3v) is 4.74. The van der Waals surface area contributed by atoms with E-state index in [1.54, 1.807) is 6.92 Å². The third-order valence-electron chi connectivity index (χ3n) is 4.74. The van der Waals surface area contributed by atoms with Crippen molar-refractivity contribution >= 4 is 11.9 Å². The molecule has 0 fully saturated rings. The van der Waals surface area contributed by atoms with Crippen molar-refractivity contribution in [2.75, 3.05) is 34.3 Å². The molecule has 0 bridgehead atoms. The molecule has 0 rings (SSSR count). The Morgan fingerprint density at radius 1 is 0.812 bits per heavy atom. The maximum atomic E-state index is 12.1. The standard InChI is InChI=1S/C23H46NO4.NO3/c1-6-8-9-10-11-12-13-14-15-16-17-18-27-23(26)19-21(20-24(3,4)5)28-22(25)7-2;2-1(3)4/h21H,6-20H2,1-5H3;/q+1;-1. The number of rotatable bonds is 18. The lowest BCUT2D eigenvalue weighted by atomic mass is 10.1. The minimum absolute atomic E-state index is 0.138. The van der Waals surface area contributed by atoms with Crippen LogP contribution in [0.1, 0.15) is 97.3 Å². The molecule has 0 radical (unpaired) electrons. The molecule has 9 heteroatoms. The van der Waals surface area contributed by atoms with Crippen molar-refractivity contribution < 1.29 is 28.6 Å². The average Bonchev–Trinajstić information content (AvgIpc) is 2.67. The summed E-state index contributed by atoms with van der Waals surface area (Å²) in [7, 11) is 6.05. The van der Waals surface area contributed by atoms with E-state index in [9.17, 15) is 9.59 Å². The second-order valence-corrected chi connectivity index (χ2v) is 9.12. The molecule has 0 aliphatic carbocycles. The van der Waals surface area contributed by atoms with E-state index in [2.05, 4.69) is 6.92 Å². The van der Waals surface area contributed by atoms with E-state index in [0.717, 1.165) is 12.8 Å². The fraction of sp³-hybridized carbons (Fsp3) is 0.913. The van der Waals surface area contributed by atoms with Crippen LogP contribution in [-0.4, -0.2) is 61.9 Å². The van der Waals surface area contributed by atoms with Crippen LogP contribution < -0.4 is 0 Å². The molecule has 32 heavy (non-hydrogen) atoms. The molecule has 0 heterocycles. The number of likely N-dealkylation sites (N-methyl/N-ethyl adjacent to an activating group) is 1. The van der Waals surface area contributed by atoms with Crippen LogP contribution in [0.25, 0.3) is 0 Å². The van der Waals surface area contributed by atoms with Gasteiger partial charge in [0, 0.05) is 6.42 Å². The lowest BCUT2D eigenvalue weighted by Gasteiger charge is -2.28. The number of esters is 2. The molecule has 0 aromatic carbocycles. The molecule has 0 saturated heterocycles. The van der Waals surface area contributed by atoms with Gasteiger partial charge in [0.15, 0.2) is 6.10 Å². The molecule has 1 unspecified atom stereocenters. The van der Waals surface area contributed by atoms with E-state index in [4.69, 9.17) is 24.8 Å². The number of hydrogen-bond donors (Lipinski definition) is 0. The Bertz CT molecular complexity index is 489. The van der Waals surface area contributed by atoms with Crippen LogP contribution in [-0.2, 0) is 19.1 Å². The Hall–Kier alpha value is -1.90. The topological polar surface area (TPSA) is 119 Å². The van der Waals surface area contributed by atoms with Crippen molar-refractivity contribution in [2.24, 2.45) is 0 Å². The summed E-state index contributed by atoms with van der Waals surface area (Å²) >= 11 is 0. The number of ether oxygens (including phenoxy) is 2. The molecular weight excluding hydrogens is 416 g/mol. The summed E-state index contributed by atoms with van der Waals surface area (Å²) in [5.41, 5.74) is 0. The first-order valence-electron chi connectivity index (χ1n) is 12.0. The van der Waals surface area contributed by atoms with Gasteiger partial charge in [-0.1, -0.05) is 78.1 Å². The Balaban J connectivity index is 0. The fourth-order valence-corrected chi connectivity index (χ4v) is 3.22. The van der Waals surface area contributed by atoms with Crippen molar-refractivity contribution in [1.82, 2.24) is 0 Å². The molecule has 0 aromatic heterocycles. The van der Waals surface area contributed by atoms with E-state index in [1.165, 1.54) is 57.8 Å². The van der Waals surface area contributed by atoms with Gasteiger partial charge in [0.05, 0.1) is 39.3 Å². The van der Waals surface area contributed by atoms with Gasteiger partial charge in [0.25, 0.3) is 0 Å². The summed E-state index contributed by atoms with van der Waals surface area (Å²) in [4.78, 5) is 31.9. The highest BCUT2D eigenvalue weighted by Gasteiger charge is 2.25. The minimum Gasteiger partial charge on any atom is -0.466 e. The number of quaternary nitrogens is 1. The number of unbranched alkanes of at least 4 members (excludes halogenated alkanes) is 10. The Labute approximate surface area is 194 Å². The molecule has 9 nitrogen and oxygen atoms in total. The van der Waals surface area contributed by atoms with Crippen LogP contribution in [0.5, 0.6) is 0 Å². The van der Waals surface area contributed by atoms with Crippen molar-refractivity contribution in [3.8, 4) is 0 Å². The lowest BCUT2D eigenvalue weighted by Crippen LogP contribution is -2.44. The monoisotopic (exact) mass is 462 g/mol. The van der Waals surface area contributed by atoms with Gasteiger partial charge in [-0.3, -0.25) is 9.59 Å². The van der Waals surface area contributed by atoms with Gasteiger partial charge in [-0.05, 0) is 6.42 Å². The zero-order chi connectivity index (χ0) is 24.8. The van der Waals surface area contributed by atoms with Crippen molar-refractivity contribution in [2.45, 2.75) is 103 Å². The summed E-state index contributed by atoms with van der Waals surface area (Å²) in [6.07, 6.45) is 14.0. The van der Waals surface area contributed by atoms with E-state index < -0.39 is 11.2 Å². The first-order valence-corrected chi connectivity index (χ1v) is 12.0. The Morgan fingerprint density at radius 3 is 1.66 bits per heavy atom. The van der Waals surface area contributed by atoms with E-state index >= 15 is 0 Å². The van der Waals surface area contributed by atoms with Gasteiger partial charge < -0.3 is 29.3 Å². The first-order chi connectivity index (χ1) is 15.0. The summed E-state index contributed by atoms with van der Waals surface area (Å²) < 4.78 is 11.4. The largest absolute Gasteiger partial charge is 0.466 e. The molecule has 0 amide bonds. The number of carbonyl (C=O) groups excluding carboxylic acids is 2. The summed E-state index contributed by atoms with van der Waals surface area (Å²) in [5, 5.41) is 14.8. The number of carbonyl (C=O) groups is 2. The van der Waals surface area contributed by atoms with Crippen LogP contribution in [0.2, 0.25) is 0 Å². The van der Waals surface area contributed by atoms with Crippen molar-refractivity contribution in [3.63, 3.8) is 0 Å². The smallest absolute Gasteiger partial charge is 0.309 e. The average molecular weight is 463 g/mol. The molecule has 190 valence electrons. The van der Waals surface area contributed by atoms with Gasteiger partial charge in [-0.15, -0.1) is 0 Å². The Morgan fingerprint density at radius 2 is 1.25 bits per heavy atom. The number of nitrogens with zero attached hydrogens (tertiary/aromatic N) is 2. The Kier molecular flexibility index (Phi) is 21.2. The van der Waals surface area contributed by atoms with Crippen LogP contribution in [0.3, 0.4) is 0 Å². The van der Waals surface area contributed by atoms with Gasteiger partial charge in [0.1, 0.15) is 6.54 Å². The maximum absolute atomic E-state index is 12.1. The van der Waals surface area contributed by atoms with Crippen LogP contribution in [0, 0.1) is 15.3 Å². The van der Waals surface area contributed by atoms with Gasteiger partial charge in [-0.2, -0.15) is 0 Å². The summed E-state index contributed by atoms with van der Waals surface area (Å²) in [6.45, 7) is 5.08. The lowest BCUT2D eigenvalue weighted by molar-refractivity contribution is -0.873. The summed E-state index contributed by atoms with van der Waals surface area (Å²) in [5.74, 6) is -0.536. The minimum atomic E-state index is -1.75. The highest BCUT2D eigenvalue weighted by Crippen LogP contribution is 2.12. The van der Waals surface area contributed by atoms with Crippen LogP contribution >= 0.6 is 0 Å². The van der Waals surface area contributed by atoms with E-state index in [0.29, 0.717) is 24.1 Å². The van der Waals surface area contributed by atoms with Crippen molar-refractivity contribution in [1.29, 1.82) is 0 Å². The fourth-order valence-electron chi connectivity index (χ4n) is 3.22. The highest BCUT2D eigenvalue weighted by atomic mass is 16.9. The number of hydrogen-bond acceptors (Lipinski definition) is 7. The van der Waals surface area contributed by atoms with Crippen LogP contribution in [0.4, 0.5) is 0 Å². The van der Waals surface area contributed by atoms with E-state index in [-0.39, 0.29) is 18.4 Å². The second-order valence-electron chi connectivity index (χ2n) is 9.12. The molecule has 0 aliphatic rings. The van der Waals surface area contributed by atoms with Gasteiger partial charge >= 0.3 is 11.9 Å². The maximum Gasteiger partial charge on any atom is 0.309 e. The zero-order valence-corrected chi connectivity index (χ0v) is 20.9. The van der Waals surface area contributed by atoms with E-state index in [1.807, 2.05) is 21.1 Å². The highest BCUT2D eigenvalue weighted by molar-refractivity contribution is 5.72. The molecule has 1 atom stereocenters.